The first kappa shape index (κ1) is 12.2. The minimum absolute atomic E-state index is 0.279. The van der Waals surface area contributed by atoms with E-state index in [2.05, 4.69) is 10.4 Å². The Morgan fingerprint density at radius 1 is 0.950 bits per heavy atom. The second-order valence-electron chi connectivity index (χ2n) is 4.41. The highest BCUT2D eigenvalue weighted by Gasteiger charge is 2.08. The van der Waals surface area contributed by atoms with Crippen LogP contribution in [0.25, 0.3) is 5.69 Å². The average Bonchev–Trinajstić information content (AvgIpc) is 2.83. The number of nitrogen functional groups attached to an aromatic ring is 1. The number of benzene rings is 2. The first-order valence-corrected chi connectivity index (χ1v) is 6.17. The lowest BCUT2D eigenvalue weighted by molar-refractivity contribution is 0.632. The molecule has 100 valence electrons. The Hall–Kier alpha value is -2.89. The van der Waals surface area contributed by atoms with Gasteiger partial charge in [0.2, 0.25) is 0 Å². The van der Waals surface area contributed by atoms with E-state index in [1.807, 2.05) is 30.3 Å². The third kappa shape index (κ3) is 2.31. The van der Waals surface area contributed by atoms with Crippen molar-refractivity contribution in [2.75, 3.05) is 5.73 Å². The van der Waals surface area contributed by atoms with Gasteiger partial charge < -0.3 is 5.73 Å². The maximum atomic E-state index is 12.2. The molecule has 1 aromatic heterocycles. The average molecular weight is 267 g/mol. The van der Waals surface area contributed by atoms with Crippen molar-refractivity contribution in [1.29, 1.82) is 0 Å². The molecule has 3 rings (SSSR count). The van der Waals surface area contributed by atoms with Crippen molar-refractivity contribution in [3.05, 3.63) is 70.6 Å². The van der Waals surface area contributed by atoms with Gasteiger partial charge in [0, 0.05) is 5.69 Å². The number of nitrogens with two attached hydrogens (primary N) is 1. The summed E-state index contributed by atoms with van der Waals surface area (Å²) in [5.74, 6) is 0. The van der Waals surface area contributed by atoms with Gasteiger partial charge in [-0.25, -0.2) is 4.79 Å². The van der Waals surface area contributed by atoms with Crippen LogP contribution in [0.1, 0.15) is 5.56 Å². The molecule has 0 aliphatic heterocycles. The molecule has 0 bridgehead atoms. The molecule has 0 atom stereocenters. The summed E-state index contributed by atoms with van der Waals surface area (Å²) in [6.45, 7) is 0.397. The van der Waals surface area contributed by atoms with Gasteiger partial charge in [-0.05, 0) is 40.3 Å². The molecule has 20 heavy (non-hydrogen) atoms. The largest absolute Gasteiger partial charge is 0.399 e. The zero-order valence-corrected chi connectivity index (χ0v) is 10.7. The van der Waals surface area contributed by atoms with Crippen LogP contribution in [0.2, 0.25) is 0 Å². The number of hydrogen-bond donors (Lipinski definition) is 1. The van der Waals surface area contributed by atoms with Crippen LogP contribution in [0.5, 0.6) is 0 Å². The molecule has 0 aliphatic carbocycles. The van der Waals surface area contributed by atoms with Gasteiger partial charge in [-0.3, -0.25) is 0 Å². The molecule has 2 N–H and O–H groups in total. The molecule has 2 aromatic carbocycles. The van der Waals surface area contributed by atoms with E-state index in [-0.39, 0.29) is 5.69 Å². The summed E-state index contributed by atoms with van der Waals surface area (Å²) < 4.78 is 2.58. The van der Waals surface area contributed by atoms with Crippen molar-refractivity contribution < 1.29 is 0 Å². The fourth-order valence-corrected chi connectivity index (χ4v) is 1.91. The monoisotopic (exact) mass is 267 g/mol. The van der Waals surface area contributed by atoms with Crippen LogP contribution in [0.3, 0.4) is 0 Å². The fraction of sp³-hybridized carbons (Fsp3) is 0.0714. The predicted molar refractivity (Wildman–Crippen MR) is 75.6 cm³/mol. The van der Waals surface area contributed by atoms with E-state index in [1.54, 1.807) is 24.3 Å². The summed E-state index contributed by atoms with van der Waals surface area (Å²) in [5, 5.41) is 7.78. The van der Waals surface area contributed by atoms with Crippen LogP contribution in [0, 0.1) is 0 Å². The quantitative estimate of drug-likeness (QED) is 0.720. The molecule has 0 saturated carbocycles. The van der Waals surface area contributed by atoms with Crippen LogP contribution >= 0.6 is 0 Å². The van der Waals surface area contributed by atoms with Gasteiger partial charge in [0.05, 0.1) is 12.2 Å². The Balaban J connectivity index is 1.93. The second kappa shape index (κ2) is 5.00. The minimum Gasteiger partial charge on any atom is -0.399 e. The molecule has 3 aromatic rings. The highest BCUT2D eigenvalue weighted by molar-refractivity contribution is 5.44. The maximum Gasteiger partial charge on any atom is 0.368 e. The zero-order chi connectivity index (χ0) is 13.9. The molecule has 1 heterocycles. The Labute approximate surface area is 115 Å². The van der Waals surface area contributed by atoms with Crippen LogP contribution in [0.15, 0.2) is 59.4 Å². The fourth-order valence-electron chi connectivity index (χ4n) is 1.91. The predicted octanol–water partition coefficient (Wildman–Crippen LogP) is 1.06. The van der Waals surface area contributed by atoms with Crippen molar-refractivity contribution in [2.45, 2.75) is 6.54 Å². The summed E-state index contributed by atoms with van der Waals surface area (Å²) in [6.07, 6.45) is 0. The number of rotatable bonds is 3. The molecule has 6 heteroatoms. The SMILES string of the molecule is Nc1ccc(-n2nnn(Cc3ccccc3)c2=O)cc1. The van der Waals surface area contributed by atoms with E-state index >= 15 is 0 Å². The summed E-state index contributed by atoms with van der Waals surface area (Å²) in [6, 6.07) is 16.6. The molecule has 0 radical (unpaired) electrons. The van der Waals surface area contributed by atoms with Crippen LogP contribution in [-0.2, 0) is 6.54 Å². The van der Waals surface area contributed by atoms with E-state index in [9.17, 15) is 4.79 Å². The molecule has 0 unspecified atom stereocenters. The summed E-state index contributed by atoms with van der Waals surface area (Å²) >= 11 is 0. The zero-order valence-electron chi connectivity index (χ0n) is 10.7. The molecule has 0 spiro atoms. The van der Waals surface area contributed by atoms with E-state index in [0.29, 0.717) is 17.9 Å². The lowest BCUT2D eigenvalue weighted by atomic mass is 10.2. The van der Waals surface area contributed by atoms with E-state index in [4.69, 9.17) is 5.73 Å². The minimum atomic E-state index is -0.279. The van der Waals surface area contributed by atoms with Crippen molar-refractivity contribution in [3.8, 4) is 5.69 Å². The lowest BCUT2D eigenvalue weighted by Gasteiger charge is -1.99. The number of hydrogen-bond acceptors (Lipinski definition) is 4. The molecule has 0 fully saturated rings. The first-order valence-electron chi connectivity index (χ1n) is 6.17. The van der Waals surface area contributed by atoms with Gasteiger partial charge in [0.15, 0.2) is 0 Å². The maximum absolute atomic E-state index is 12.2. The smallest absolute Gasteiger partial charge is 0.368 e. The summed E-state index contributed by atoms with van der Waals surface area (Å²) in [4.78, 5) is 12.2. The first-order chi connectivity index (χ1) is 9.74. The number of aromatic nitrogens is 4. The Kier molecular flexibility index (Phi) is 3.04. The van der Waals surface area contributed by atoms with Crippen molar-refractivity contribution in [3.63, 3.8) is 0 Å². The van der Waals surface area contributed by atoms with E-state index in [1.165, 1.54) is 9.36 Å². The Morgan fingerprint density at radius 3 is 2.35 bits per heavy atom. The van der Waals surface area contributed by atoms with E-state index < -0.39 is 0 Å². The van der Waals surface area contributed by atoms with Crippen LogP contribution in [-0.4, -0.2) is 19.8 Å². The van der Waals surface area contributed by atoms with Crippen LogP contribution < -0.4 is 11.4 Å². The normalized spacial score (nSPS) is 10.6. The second-order valence-corrected chi connectivity index (χ2v) is 4.41. The van der Waals surface area contributed by atoms with Gasteiger partial charge in [-0.15, -0.1) is 0 Å². The molecular formula is C14H13N5O. The van der Waals surface area contributed by atoms with Crippen LogP contribution in [0.4, 0.5) is 5.69 Å². The highest BCUT2D eigenvalue weighted by Crippen LogP contribution is 2.07. The molecule has 0 aliphatic rings. The van der Waals surface area contributed by atoms with Crippen molar-refractivity contribution >= 4 is 5.69 Å². The van der Waals surface area contributed by atoms with Crippen molar-refractivity contribution in [1.82, 2.24) is 19.8 Å². The van der Waals surface area contributed by atoms with Gasteiger partial charge in [-0.1, -0.05) is 30.3 Å². The molecule has 0 saturated heterocycles. The topological polar surface area (TPSA) is 78.7 Å². The number of anilines is 1. The van der Waals surface area contributed by atoms with Gasteiger partial charge in [0.1, 0.15) is 0 Å². The third-order valence-electron chi connectivity index (χ3n) is 2.95. The Morgan fingerprint density at radius 2 is 1.65 bits per heavy atom. The summed E-state index contributed by atoms with van der Waals surface area (Å²) in [7, 11) is 0. The third-order valence-corrected chi connectivity index (χ3v) is 2.95. The van der Waals surface area contributed by atoms with Crippen molar-refractivity contribution in [2.24, 2.45) is 0 Å². The van der Waals surface area contributed by atoms with E-state index in [0.717, 1.165) is 5.56 Å². The van der Waals surface area contributed by atoms with Gasteiger partial charge >= 0.3 is 5.69 Å². The highest BCUT2D eigenvalue weighted by atomic mass is 16.2. The summed E-state index contributed by atoms with van der Waals surface area (Å²) in [5.41, 5.74) is 7.62. The molecule has 0 amide bonds. The van der Waals surface area contributed by atoms with Gasteiger partial charge in [0.25, 0.3) is 0 Å². The number of nitrogens with zero attached hydrogens (tertiary/aromatic N) is 4. The molecular weight excluding hydrogens is 254 g/mol. The lowest BCUT2D eigenvalue weighted by Crippen LogP contribution is -2.24. The Bertz CT molecular complexity index is 758. The molecule has 6 nitrogen and oxygen atoms in total. The standard InChI is InChI=1S/C14H13N5O/c15-12-6-8-13(9-7-12)19-14(20)18(16-17-19)10-11-4-2-1-3-5-11/h1-9H,10,15H2. The van der Waals surface area contributed by atoms with Gasteiger partial charge in [-0.2, -0.15) is 9.36 Å². The number of tetrazole rings is 1.